The summed E-state index contributed by atoms with van der Waals surface area (Å²) in [6.07, 6.45) is -0.0901. The molecule has 0 saturated heterocycles. The molecule has 2 nitrogen and oxygen atoms in total. The average molecular weight is 298 g/mol. The molecule has 0 bridgehead atoms. The van der Waals surface area contributed by atoms with Gasteiger partial charge in [-0.15, -0.1) is 11.8 Å². The first-order valence-electron chi connectivity index (χ1n) is 5.95. The van der Waals surface area contributed by atoms with Crippen molar-refractivity contribution < 1.29 is 13.2 Å². The molecular weight excluding hydrogens is 285 g/mol. The molecule has 6 heteroatoms. The lowest BCUT2D eigenvalue weighted by molar-refractivity contribution is -0.137. The van der Waals surface area contributed by atoms with Crippen LogP contribution >= 0.6 is 11.8 Å². The van der Waals surface area contributed by atoms with Crippen molar-refractivity contribution in [2.45, 2.75) is 17.5 Å². The average Bonchev–Trinajstić information content (AvgIpc) is 2.40. The number of nitrogens with two attached hydrogens (primary N) is 1. The van der Waals surface area contributed by atoms with Gasteiger partial charge in [0.05, 0.1) is 5.56 Å². The highest BCUT2D eigenvalue weighted by Crippen LogP contribution is 2.34. The highest BCUT2D eigenvalue weighted by atomic mass is 32.2. The van der Waals surface area contributed by atoms with Crippen molar-refractivity contribution in [3.8, 4) is 0 Å². The number of alkyl halides is 3. The molecule has 1 aromatic heterocycles. The van der Waals surface area contributed by atoms with Crippen LogP contribution in [-0.4, -0.2) is 10.7 Å². The van der Waals surface area contributed by atoms with Crippen LogP contribution in [0.3, 0.4) is 0 Å². The minimum atomic E-state index is -4.35. The summed E-state index contributed by atoms with van der Waals surface area (Å²) in [4.78, 5) is 4.68. The predicted octanol–water partition coefficient (Wildman–Crippen LogP) is 4.02. The van der Waals surface area contributed by atoms with Crippen LogP contribution in [0.25, 0.3) is 0 Å². The van der Waals surface area contributed by atoms with Gasteiger partial charge in [-0.05, 0) is 36.2 Å². The molecule has 0 amide bonds. The predicted molar refractivity (Wildman–Crippen MR) is 74.5 cm³/mol. The maximum absolute atomic E-state index is 12.5. The number of anilines is 1. The molecule has 1 aromatic carbocycles. The molecule has 20 heavy (non-hydrogen) atoms. The third-order valence-electron chi connectivity index (χ3n) is 2.71. The number of nitrogen functional groups attached to an aromatic ring is 1. The van der Waals surface area contributed by atoms with E-state index in [1.807, 2.05) is 12.1 Å². The molecule has 0 unspecified atom stereocenters. The van der Waals surface area contributed by atoms with Crippen molar-refractivity contribution in [2.75, 3.05) is 11.5 Å². The molecule has 106 valence electrons. The van der Waals surface area contributed by atoms with Crippen LogP contribution in [0.5, 0.6) is 0 Å². The summed E-state index contributed by atoms with van der Waals surface area (Å²) < 4.78 is 37.5. The molecule has 0 saturated carbocycles. The lowest BCUT2D eigenvalue weighted by atomic mass is 10.2. The monoisotopic (exact) mass is 298 g/mol. The van der Waals surface area contributed by atoms with E-state index in [1.54, 1.807) is 12.4 Å². The smallest absolute Gasteiger partial charge is 0.398 e. The summed E-state index contributed by atoms with van der Waals surface area (Å²) in [5, 5.41) is 0. The largest absolute Gasteiger partial charge is 0.416 e. The Hall–Kier alpha value is -1.69. The number of benzene rings is 1. The van der Waals surface area contributed by atoms with Gasteiger partial charge in [-0.2, -0.15) is 13.2 Å². The Kier molecular flexibility index (Phi) is 4.54. The van der Waals surface area contributed by atoms with Crippen LogP contribution in [-0.2, 0) is 12.6 Å². The highest BCUT2D eigenvalue weighted by molar-refractivity contribution is 7.99. The number of halogens is 3. The third-order valence-corrected chi connectivity index (χ3v) is 3.80. The molecule has 2 rings (SSSR count). The van der Waals surface area contributed by atoms with Crippen molar-refractivity contribution in [2.24, 2.45) is 0 Å². The summed E-state index contributed by atoms with van der Waals surface area (Å²) in [5.41, 5.74) is 6.20. The zero-order valence-electron chi connectivity index (χ0n) is 10.5. The van der Waals surface area contributed by atoms with Crippen molar-refractivity contribution in [1.29, 1.82) is 0 Å². The van der Waals surface area contributed by atoms with Crippen molar-refractivity contribution in [1.82, 2.24) is 4.98 Å². The molecule has 2 aromatic rings. The molecule has 0 aliphatic carbocycles. The second-order valence-electron chi connectivity index (χ2n) is 4.21. The van der Waals surface area contributed by atoms with E-state index in [9.17, 15) is 13.2 Å². The van der Waals surface area contributed by atoms with E-state index in [4.69, 9.17) is 5.73 Å². The number of pyridine rings is 1. The van der Waals surface area contributed by atoms with Crippen LogP contribution in [0.2, 0.25) is 0 Å². The van der Waals surface area contributed by atoms with Gasteiger partial charge in [0.2, 0.25) is 0 Å². The minimum Gasteiger partial charge on any atom is -0.398 e. The summed E-state index contributed by atoms with van der Waals surface area (Å²) in [6.45, 7) is 0. The summed E-state index contributed by atoms with van der Waals surface area (Å²) in [7, 11) is 0. The molecule has 0 fully saturated rings. The molecule has 0 aliphatic rings. The maximum atomic E-state index is 12.5. The van der Waals surface area contributed by atoms with Crippen LogP contribution in [0.15, 0.2) is 47.6 Å². The number of aryl methyl sites for hydroxylation is 1. The second-order valence-corrected chi connectivity index (χ2v) is 5.35. The van der Waals surface area contributed by atoms with Gasteiger partial charge in [0.25, 0.3) is 0 Å². The molecule has 0 radical (unpaired) electrons. The first-order valence-corrected chi connectivity index (χ1v) is 6.94. The van der Waals surface area contributed by atoms with E-state index in [-0.39, 0.29) is 5.69 Å². The third kappa shape index (κ3) is 3.90. The standard InChI is InChI=1S/C14H13F3N2S/c15-14(16,17)11-3-4-13(12(18)8-11)20-7-5-10-2-1-6-19-9-10/h1-4,6,8-9H,5,7,18H2. The van der Waals surface area contributed by atoms with Crippen molar-refractivity contribution in [3.63, 3.8) is 0 Å². The molecule has 0 aliphatic heterocycles. The number of rotatable bonds is 4. The SMILES string of the molecule is Nc1cc(C(F)(F)F)ccc1SCCc1cccnc1. The quantitative estimate of drug-likeness (QED) is 0.684. The Balaban J connectivity index is 1.97. The fourth-order valence-corrected chi connectivity index (χ4v) is 2.63. The van der Waals surface area contributed by atoms with Crippen LogP contribution in [0.1, 0.15) is 11.1 Å². The van der Waals surface area contributed by atoms with E-state index >= 15 is 0 Å². The van der Waals surface area contributed by atoms with Gasteiger partial charge in [0, 0.05) is 28.7 Å². The van der Waals surface area contributed by atoms with E-state index < -0.39 is 11.7 Å². The lowest BCUT2D eigenvalue weighted by Gasteiger charge is -2.10. The Labute approximate surface area is 119 Å². The fourth-order valence-electron chi connectivity index (χ4n) is 1.68. The zero-order valence-corrected chi connectivity index (χ0v) is 11.3. The number of aromatic nitrogens is 1. The van der Waals surface area contributed by atoms with Crippen LogP contribution in [0.4, 0.5) is 18.9 Å². The van der Waals surface area contributed by atoms with Gasteiger partial charge in [0.1, 0.15) is 0 Å². The van der Waals surface area contributed by atoms with Gasteiger partial charge >= 0.3 is 6.18 Å². The lowest BCUT2D eigenvalue weighted by Crippen LogP contribution is -2.05. The van der Waals surface area contributed by atoms with Crippen LogP contribution < -0.4 is 5.73 Å². The molecule has 1 heterocycles. The number of hydrogen-bond donors (Lipinski definition) is 1. The van der Waals surface area contributed by atoms with Crippen molar-refractivity contribution in [3.05, 3.63) is 53.9 Å². The fraction of sp³-hybridized carbons (Fsp3) is 0.214. The highest BCUT2D eigenvalue weighted by Gasteiger charge is 2.30. The zero-order chi connectivity index (χ0) is 14.6. The molecule has 0 spiro atoms. The van der Waals surface area contributed by atoms with Crippen LogP contribution in [0, 0.1) is 0 Å². The van der Waals surface area contributed by atoms with Gasteiger partial charge < -0.3 is 5.73 Å². The van der Waals surface area contributed by atoms with Gasteiger partial charge in [-0.25, -0.2) is 0 Å². The van der Waals surface area contributed by atoms with E-state index in [1.165, 1.54) is 17.8 Å². The first kappa shape index (κ1) is 14.7. The Morgan fingerprint density at radius 2 is 2.00 bits per heavy atom. The Morgan fingerprint density at radius 3 is 2.60 bits per heavy atom. The Bertz CT molecular complexity index is 570. The number of thioether (sulfide) groups is 1. The van der Waals surface area contributed by atoms with E-state index in [0.29, 0.717) is 4.90 Å². The molecule has 2 N–H and O–H groups in total. The van der Waals surface area contributed by atoms with Crippen molar-refractivity contribution >= 4 is 17.4 Å². The second kappa shape index (κ2) is 6.17. The van der Waals surface area contributed by atoms with Gasteiger partial charge in [-0.3, -0.25) is 4.98 Å². The maximum Gasteiger partial charge on any atom is 0.416 e. The summed E-state index contributed by atoms with van der Waals surface area (Å²) >= 11 is 1.44. The van der Waals surface area contributed by atoms with E-state index in [2.05, 4.69) is 4.98 Å². The van der Waals surface area contributed by atoms with Gasteiger partial charge in [0.15, 0.2) is 0 Å². The minimum absolute atomic E-state index is 0.163. The summed E-state index contributed by atoms with van der Waals surface area (Å²) in [6, 6.07) is 7.28. The van der Waals surface area contributed by atoms with E-state index in [0.717, 1.165) is 29.9 Å². The summed E-state index contributed by atoms with van der Waals surface area (Å²) in [5.74, 6) is 0.737. The molecule has 0 atom stereocenters. The topological polar surface area (TPSA) is 38.9 Å². The first-order chi connectivity index (χ1) is 9.47. The normalized spacial score (nSPS) is 11.6. The Morgan fingerprint density at radius 1 is 1.20 bits per heavy atom. The number of nitrogens with zero attached hydrogens (tertiary/aromatic N) is 1. The van der Waals surface area contributed by atoms with Gasteiger partial charge in [-0.1, -0.05) is 6.07 Å². The molecular formula is C14H13F3N2S. The number of hydrogen-bond acceptors (Lipinski definition) is 3.